The van der Waals surface area contributed by atoms with Crippen LogP contribution in [0.2, 0.25) is 0 Å². The fourth-order valence-corrected chi connectivity index (χ4v) is 1.32. The molecule has 2 heteroatoms. The zero-order valence-electron chi connectivity index (χ0n) is 6.67. The van der Waals surface area contributed by atoms with E-state index < -0.39 is 0 Å². The topological polar surface area (TPSA) is 23.5 Å². The summed E-state index contributed by atoms with van der Waals surface area (Å²) in [6.07, 6.45) is 2.80. The molecule has 0 aromatic rings. The Balaban J connectivity index is 2.43. The van der Waals surface area contributed by atoms with Crippen molar-refractivity contribution in [3.8, 4) is 0 Å². The zero-order valence-corrected chi connectivity index (χ0v) is 6.67. The van der Waals surface area contributed by atoms with Crippen molar-refractivity contribution in [1.82, 2.24) is 4.90 Å². The van der Waals surface area contributed by atoms with Gasteiger partial charge in [0.25, 0.3) is 0 Å². The highest BCUT2D eigenvalue weighted by molar-refractivity contribution is 5.10. The van der Waals surface area contributed by atoms with Crippen molar-refractivity contribution in [3.63, 3.8) is 0 Å². The third-order valence-electron chi connectivity index (χ3n) is 1.76. The molecule has 1 rings (SSSR count). The van der Waals surface area contributed by atoms with E-state index in [1.807, 2.05) is 6.08 Å². The first-order valence-corrected chi connectivity index (χ1v) is 3.74. The van der Waals surface area contributed by atoms with Crippen LogP contribution in [0, 0.1) is 0 Å². The van der Waals surface area contributed by atoms with E-state index in [1.54, 1.807) is 6.92 Å². The van der Waals surface area contributed by atoms with E-state index >= 15 is 0 Å². The van der Waals surface area contributed by atoms with Crippen LogP contribution in [0.3, 0.4) is 0 Å². The maximum absolute atomic E-state index is 9.00. The van der Waals surface area contributed by atoms with E-state index in [1.165, 1.54) is 5.57 Å². The van der Waals surface area contributed by atoms with Gasteiger partial charge in [-0.25, -0.2) is 0 Å². The second-order valence-corrected chi connectivity index (χ2v) is 3.05. The van der Waals surface area contributed by atoms with Crippen LogP contribution in [0.1, 0.15) is 13.3 Å². The number of likely N-dealkylation sites (tertiary alicyclic amines) is 1. The van der Waals surface area contributed by atoms with Crippen molar-refractivity contribution >= 4 is 0 Å². The van der Waals surface area contributed by atoms with Gasteiger partial charge in [-0.2, -0.15) is 0 Å². The fourth-order valence-electron chi connectivity index (χ4n) is 1.32. The van der Waals surface area contributed by atoms with Crippen molar-refractivity contribution in [1.29, 1.82) is 0 Å². The molecule has 0 saturated carbocycles. The highest BCUT2D eigenvalue weighted by atomic mass is 16.3. The molecule has 1 aliphatic rings. The highest BCUT2D eigenvalue weighted by Gasteiger charge is 2.11. The van der Waals surface area contributed by atoms with E-state index in [9.17, 15) is 0 Å². The number of hydrogen-bond acceptors (Lipinski definition) is 2. The Hall–Kier alpha value is -0.340. The Morgan fingerprint density at radius 1 is 1.70 bits per heavy atom. The Bertz CT molecular complexity index is 140. The van der Waals surface area contributed by atoms with Gasteiger partial charge < -0.3 is 10.0 Å². The minimum Gasteiger partial charge on any atom is -0.389 e. The smallest absolute Gasteiger partial charge is 0.0695 e. The minimum absolute atomic E-state index is 0.276. The number of nitrogens with zero attached hydrogens (tertiary/aromatic N) is 1. The van der Waals surface area contributed by atoms with Gasteiger partial charge in [-0.3, -0.25) is 0 Å². The molecule has 2 nitrogen and oxygen atoms in total. The lowest BCUT2D eigenvalue weighted by Gasteiger charge is -2.03. The molecule has 1 saturated heterocycles. The Morgan fingerprint density at radius 2 is 2.40 bits per heavy atom. The average Bonchev–Trinajstić information content (AvgIpc) is 2.13. The summed E-state index contributed by atoms with van der Waals surface area (Å²) in [5.41, 5.74) is 1.37. The molecule has 10 heavy (non-hydrogen) atoms. The molecule has 58 valence electrons. The number of likely N-dealkylation sites (N-methyl/N-ethyl adjacent to an activating group) is 1. The van der Waals surface area contributed by atoms with Crippen LogP contribution >= 0.6 is 0 Å². The third-order valence-corrected chi connectivity index (χ3v) is 1.76. The monoisotopic (exact) mass is 141 g/mol. The fraction of sp³-hybridized carbons (Fsp3) is 0.750. The van der Waals surface area contributed by atoms with Crippen LogP contribution in [0.25, 0.3) is 0 Å². The van der Waals surface area contributed by atoms with Gasteiger partial charge in [0.1, 0.15) is 0 Å². The molecular weight excluding hydrogens is 126 g/mol. The SMILES string of the molecule is CC(O)/C=C1/CCN(C)C1. The van der Waals surface area contributed by atoms with Gasteiger partial charge in [-0.1, -0.05) is 11.6 Å². The predicted molar refractivity (Wildman–Crippen MR) is 41.9 cm³/mol. The maximum atomic E-state index is 9.00. The summed E-state index contributed by atoms with van der Waals surface area (Å²) < 4.78 is 0. The summed E-state index contributed by atoms with van der Waals surface area (Å²) in [6, 6.07) is 0. The Labute approximate surface area is 62.2 Å². The standard InChI is InChI=1S/C8H15NO/c1-7(10)5-8-3-4-9(2)6-8/h5,7,10H,3-4,6H2,1-2H3/b8-5-. The highest BCUT2D eigenvalue weighted by Crippen LogP contribution is 2.13. The normalized spacial score (nSPS) is 27.7. The first kappa shape index (κ1) is 7.76. The minimum atomic E-state index is -0.276. The van der Waals surface area contributed by atoms with Crippen LogP contribution in [-0.4, -0.2) is 36.2 Å². The summed E-state index contributed by atoms with van der Waals surface area (Å²) in [4.78, 5) is 2.26. The molecule has 1 fully saturated rings. The second kappa shape index (κ2) is 3.17. The molecule has 1 atom stereocenters. The zero-order chi connectivity index (χ0) is 7.56. The first-order chi connectivity index (χ1) is 4.68. The van der Waals surface area contributed by atoms with E-state index in [2.05, 4.69) is 11.9 Å². The molecule has 0 aliphatic carbocycles. The second-order valence-electron chi connectivity index (χ2n) is 3.05. The summed E-state index contributed by atoms with van der Waals surface area (Å²) >= 11 is 0. The predicted octanol–water partition coefficient (Wildman–Crippen LogP) is 0.629. The first-order valence-electron chi connectivity index (χ1n) is 3.74. The van der Waals surface area contributed by atoms with Crippen molar-refractivity contribution in [2.75, 3.05) is 20.1 Å². The van der Waals surface area contributed by atoms with Gasteiger partial charge in [0.05, 0.1) is 6.10 Å². The van der Waals surface area contributed by atoms with Crippen molar-refractivity contribution < 1.29 is 5.11 Å². The molecular formula is C8H15NO. The van der Waals surface area contributed by atoms with Gasteiger partial charge in [0, 0.05) is 13.1 Å². The van der Waals surface area contributed by atoms with Gasteiger partial charge in [-0.05, 0) is 20.4 Å². The molecule has 1 unspecified atom stereocenters. The maximum Gasteiger partial charge on any atom is 0.0695 e. The third kappa shape index (κ3) is 2.12. The van der Waals surface area contributed by atoms with Crippen LogP contribution in [0.5, 0.6) is 0 Å². The van der Waals surface area contributed by atoms with E-state index in [4.69, 9.17) is 5.11 Å². The van der Waals surface area contributed by atoms with Crippen molar-refractivity contribution in [2.24, 2.45) is 0 Å². The van der Waals surface area contributed by atoms with E-state index in [0.717, 1.165) is 19.5 Å². The molecule has 0 radical (unpaired) electrons. The number of aliphatic hydroxyl groups excluding tert-OH is 1. The molecule has 1 aliphatic heterocycles. The lowest BCUT2D eigenvalue weighted by molar-refractivity contribution is 0.243. The Morgan fingerprint density at radius 3 is 2.80 bits per heavy atom. The van der Waals surface area contributed by atoms with Gasteiger partial charge in [0.15, 0.2) is 0 Å². The van der Waals surface area contributed by atoms with Gasteiger partial charge >= 0.3 is 0 Å². The van der Waals surface area contributed by atoms with E-state index in [-0.39, 0.29) is 6.10 Å². The van der Waals surface area contributed by atoms with Crippen LogP contribution in [0.4, 0.5) is 0 Å². The molecule has 0 aromatic heterocycles. The number of hydrogen-bond donors (Lipinski definition) is 1. The van der Waals surface area contributed by atoms with E-state index in [0.29, 0.717) is 0 Å². The van der Waals surface area contributed by atoms with Crippen LogP contribution < -0.4 is 0 Å². The van der Waals surface area contributed by atoms with Crippen molar-refractivity contribution in [2.45, 2.75) is 19.4 Å². The van der Waals surface area contributed by atoms with Crippen LogP contribution in [0.15, 0.2) is 11.6 Å². The lowest BCUT2D eigenvalue weighted by atomic mass is 10.2. The number of rotatable bonds is 1. The molecule has 1 heterocycles. The molecule has 0 bridgehead atoms. The molecule has 0 amide bonds. The molecule has 0 aromatic carbocycles. The summed E-state index contributed by atoms with van der Waals surface area (Å²) in [5.74, 6) is 0. The Kier molecular flexibility index (Phi) is 2.46. The number of aliphatic hydroxyl groups is 1. The van der Waals surface area contributed by atoms with Gasteiger partial charge in [0.2, 0.25) is 0 Å². The largest absolute Gasteiger partial charge is 0.389 e. The molecule has 0 spiro atoms. The van der Waals surface area contributed by atoms with Crippen LogP contribution in [-0.2, 0) is 0 Å². The lowest BCUT2D eigenvalue weighted by Crippen LogP contribution is -2.11. The average molecular weight is 141 g/mol. The van der Waals surface area contributed by atoms with Gasteiger partial charge in [-0.15, -0.1) is 0 Å². The summed E-state index contributed by atoms with van der Waals surface area (Å²) in [5, 5.41) is 9.00. The summed E-state index contributed by atoms with van der Waals surface area (Å²) in [6.45, 7) is 3.97. The molecule has 1 N–H and O–H groups in total. The quantitative estimate of drug-likeness (QED) is 0.541. The van der Waals surface area contributed by atoms with Crippen molar-refractivity contribution in [3.05, 3.63) is 11.6 Å². The summed E-state index contributed by atoms with van der Waals surface area (Å²) in [7, 11) is 2.10.